The van der Waals surface area contributed by atoms with Crippen molar-refractivity contribution in [2.45, 2.75) is 32.5 Å². The number of hydrogen-bond acceptors (Lipinski definition) is 4. The first-order valence-electron chi connectivity index (χ1n) is 6.76. The molecule has 0 aliphatic carbocycles. The van der Waals surface area contributed by atoms with Gasteiger partial charge in [0.05, 0.1) is 11.6 Å². The third-order valence-corrected chi connectivity index (χ3v) is 3.46. The monoisotopic (exact) mass is 273 g/mol. The Morgan fingerprint density at radius 1 is 1.45 bits per heavy atom. The van der Waals surface area contributed by atoms with Crippen LogP contribution < -0.4 is 5.32 Å². The largest absolute Gasteiger partial charge is 0.445 e. The van der Waals surface area contributed by atoms with Crippen LogP contribution in [-0.4, -0.2) is 36.2 Å². The molecule has 1 aliphatic heterocycles. The molecule has 1 aliphatic rings. The number of carbonyl (C=O) groups is 1. The lowest BCUT2D eigenvalue weighted by Gasteiger charge is -2.38. The van der Waals surface area contributed by atoms with E-state index in [4.69, 9.17) is 10.00 Å². The molecule has 1 N–H and O–H groups in total. The van der Waals surface area contributed by atoms with Crippen LogP contribution in [0.25, 0.3) is 0 Å². The fraction of sp³-hybridized carbons (Fsp3) is 0.467. The molecule has 20 heavy (non-hydrogen) atoms. The van der Waals surface area contributed by atoms with Crippen LogP contribution >= 0.6 is 0 Å². The van der Waals surface area contributed by atoms with E-state index in [-0.39, 0.29) is 24.8 Å². The lowest BCUT2D eigenvalue weighted by atomic mass is 10.1. The van der Waals surface area contributed by atoms with E-state index in [0.29, 0.717) is 5.56 Å². The Bertz CT molecular complexity index is 514. The summed E-state index contributed by atoms with van der Waals surface area (Å²) in [6.07, 6.45) is -0.297. The van der Waals surface area contributed by atoms with Crippen LogP contribution in [0.4, 0.5) is 4.79 Å². The number of hydrogen-bond donors (Lipinski definition) is 1. The minimum absolute atomic E-state index is 0.122. The van der Waals surface area contributed by atoms with Gasteiger partial charge >= 0.3 is 6.09 Å². The van der Waals surface area contributed by atoms with Gasteiger partial charge in [-0.3, -0.25) is 0 Å². The van der Waals surface area contributed by atoms with E-state index in [9.17, 15) is 4.79 Å². The molecule has 2 rings (SSSR count). The normalized spacial score (nSPS) is 22.1. The SMILES string of the molecule is C[C@@H]1CNC[C@H](C)N1C(=O)OCc1cccc(C#N)c1. The summed E-state index contributed by atoms with van der Waals surface area (Å²) < 4.78 is 5.36. The number of nitriles is 1. The second kappa shape index (κ2) is 6.40. The van der Waals surface area contributed by atoms with Crippen molar-refractivity contribution in [1.29, 1.82) is 5.26 Å². The number of ether oxygens (including phenoxy) is 1. The first-order valence-corrected chi connectivity index (χ1v) is 6.76. The molecule has 0 unspecified atom stereocenters. The van der Waals surface area contributed by atoms with Crippen LogP contribution in [0.2, 0.25) is 0 Å². The predicted molar refractivity (Wildman–Crippen MR) is 75.0 cm³/mol. The Hall–Kier alpha value is -2.06. The molecule has 5 heteroatoms. The Morgan fingerprint density at radius 3 is 2.80 bits per heavy atom. The molecule has 5 nitrogen and oxygen atoms in total. The first kappa shape index (κ1) is 14.4. The summed E-state index contributed by atoms with van der Waals surface area (Å²) in [6.45, 7) is 5.75. The Balaban J connectivity index is 1.96. The van der Waals surface area contributed by atoms with Crippen molar-refractivity contribution in [2.75, 3.05) is 13.1 Å². The zero-order valence-electron chi connectivity index (χ0n) is 11.8. The average Bonchev–Trinajstić information content (AvgIpc) is 2.45. The molecule has 0 saturated carbocycles. The van der Waals surface area contributed by atoms with E-state index in [1.54, 1.807) is 23.1 Å². The molecule has 2 atom stereocenters. The Morgan fingerprint density at radius 2 is 2.15 bits per heavy atom. The lowest BCUT2D eigenvalue weighted by molar-refractivity contribution is 0.0564. The van der Waals surface area contributed by atoms with Crippen LogP contribution in [0.15, 0.2) is 24.3 Å². The van der Waals surface area contributed by atoms with Gasteiger partial charge in [0.2, 0.25) is 0 Å². The Kier molecular flexibility index (Phi) is 4.59. The van der Waals surface area contributed by atoms with Gasteiger partial charge in [-0.2, -0.15) is 5.26 Å². The minimum Gasteiger partial charge on any atom is -0.445 e. The van der Waals surface area contributed by atoms with E-state index in [1.165, 1.54) is 0 Å². The third kappa shape index (κ3) is 3.28. The molecular formula is C15H19N3O2. The molecule has 0 radical (unpaired) electrons. The molecule has 0 aromatic heterocycles. The highest BCUT2D eigenvalue weighted by Gasteiger charge is 2.29. The minimum atomic E-state index is -0.297. The summed E-state index contributed by atoms with van der Waals surface area (Å²) in [5, 5.41) is 12.1. The van der Waals surface area contributed by atoms with Gasteiger partial charge in [-0.05, 0) is 31.5 Å². The van der Waals surface area contributed by atoms with Crippen molar-refractivity contribution in [2.24, 2.45) is 0 Å². The summed E-state index contributed by atoms with van der Waals surface area (Å²) in [7, 11) is 0. The highest BCUT2D eigenvalue weighted by atomic mass is 16.6. The number of piperazine rings is 1. The van der Waals surface area contributed by atoms with Crippen molar-refractivity contribution in [3.05, 3.63) is 35.4 Å². The molecule has 1 fully saturated rings. The Labute approximate surface area is 119 Å². The van der Waals surface area contributed by atoms with Crippen molar-refractivity contribution in [3.8, 4) is 6.07 Å². The smallest absolute Gasteiger partial charge is 0.410 e. The van der Waals surface area contributed by atoms with Gasteiger partial charge in [-0.15, -0.1) is 0 Å². The fourth-order valence-electron chi connectivity index (χ4n) is 2.44. The average molecular weight is 273 g/mol. The molecule has 1 amide bonds. The van der Waals surface area contributed by atoms with Gasteiger partial charge in [0.1, 0.15) is 6.61 Å². The van der Waals surface area contributed by atoms with Crippen LogP contribution in [0.5, 0.6) is 0 Å². The summed E-state index contributed by atoms with van der Waals surface area (Å²) in [4.78, 5) is 13.9. The highest BCUT2D eigenvalue weighted by molar-refractivity contribution is 5.68. The van der Waals surface area contributed by atoms with Crippen molar-refractivity contribution in [3.63, 3.8) is 0 Å². The second-order valence-corrected chi connectivity index (χ2v) is 5.13. The fourth-order valence-corrected chi connectivity index (χ4v) is 2.44. The lowest BCUT2D eigenvalue weighted by Crippen LogP contribution is -2.57. The van der Waals surface area contributed by atoms with E-state index >= 15 is 0 Å². The molecular weight excluding hydrogens is 254 g/mol. The maximum Gasteiger partial charge on any atom is 0.410 e. The number of benzene rings is 1. The van der Waals surface area contributed by atoms with Crippen LogP contribution in [0.3, 0.4) is 0 Å². The van der Waals surface area contributed by atoms with Crippen LogP contribution in [-0.2, 0) is 11.3 Å². The quantitative estimate of drug-likeness (QED) is 0.893. The molecule has 0 spiro atoms. The van der Waals surface area contributed by atoms with E-state index in [0.717, 1.165) is 18.7 Å². The topological polar surface area (TPSA) is 65.4 Å². The van der Waals surface area contributed by atoms with Gasteiger partial charge in [-0.1, -0.05) is 12.1 Å². The highest BCUT2D eigenvalue weighted by Crippen LogP contribution is 2.13. The van der Waals surface area contributed by atoms with Gasteiger partial charge in [0.15, 0.2) is 0 Å². The van der Waals surface area contributed by atoms with Crippen LogP contribution in [0.1, 0.15) is 25.0 Å². The number of carbonyl (C=O) groups excluding carboxylic acids is 1. The standard InChI is InChI=1S/C15H19N3O2/c1-11-8-17-9-12(2)18(11)15(19)20-10-14-5-3-4-13(6-14)7-16/h3-6,11-12,17H,8-10H2,1-2H3/t11-,12+. The third-order valence-electron chi connectivity index (χ3n) is 3.46. The van der Waals surface area contributed by atoms with Gasteiger partial charge in [0, 0.05) is 25.2 Å². The summed E-state index contributed by atoms with van der Waals surface area (Å²) >= 11 is 0. The van der Waals surface area contributed by atoms with Crippen molar-refractivity contribution >= 4 is 6.09 Å². The van der Waals surface area contributed by atoms with Crippen molar-refractivity contribution < 1.29 is 9.53 Å². The number of nitrogens with one attached hydrogen (secondary N) is 1. The molecule has 106 valence electrons. The second-order valence-electron chi connectivity index (χ2n) is 5.13. The summed E-state index contributed by atoms with van der Waals surface area (Å²) in [5.74, 6) is 0. The van der Waals surface area contributed by atoms with E-state index in [2.05, 4.69) is 11.4 Å². The molecule has 1 saturated heterocycles. The van der Waals surface area contributed by atoms with E-state index in [1.807, 2.05) is 19.9 Å². The first-order chi connectivity index (χ1) is 9.61. The molecule has 0 bridgehead atoms. The zero-order chi connectivity index (χ0) is 14.5. The maximum absolute atomic E-state index is 12.2. The van der Waals surface area contributed by atoms with Crippen molar-refractivity contribution in [1.82, 2.24) is 10.2 Å². The van der Waals surface area contributed by atoms with Gasteiger partial charge in [0.25, 0.3) is 0 Å². The van der Waals surface area contributed by atoms with Gasteiger partial charge in [-0.25, -0.2) is 4.79 Å². The molecule has 1 heterocycles. The zero-order valence-corrected chi connectivity index (χ0v) is 11.8. The molecule has 1 aromatic rings. The predicted octanol–water partition coefficient (Wildman–Crippen LogP) is 1.88. The summed E-state index contributed by atoms with van der Waals surface area (Å²) in [5.41, 5.74) is 1.40. The summed E-state index contributed by atoms with van der Waals surface area (Å²) in [6, 6.07) is 9.41. The van der Waals surface area contributed by atoms with Crippen LogP contribution in [0, 0.1) is 11.3 Å². The number of amides is 1. The number of rotatable bonds is 2. The van der Waals surface area contributed by atoms with E-state index < -0.39 is 0 Å². The molecule has 1 aromatic carbocycles. The number of nitrogens with zero attached hydrogens (tertiary/aromatic N) is 2. The maximum atomic E-state index is 12.2. The van der Waals surface area contributed by atoms with Gasteiger partial charge < -0.3 is 15.0 Å².